The Labute approximate surface area is 139 Å². The molecule has 8 heteroatoms. The van der Waals surface area contributed by atoms with Crippen LogP contribution in [0.3, 0.4) is 0 Å². The van der Waals surface area contributed by atoms with Crippen molar-refractivity contribution in [1.29, 1.82) is 0 Å². The van der Waals surface area contributed by atoms with Gasteiger partial charge in [-0.05, 0) is 17.5 Å². The van der Waals surface area contributed by atoms with Crippen molar-refractivity contribution in [2.45, 2.75) is 13.0 Å². The largest absolute Gasteiger partial charge is 0.356 e. The summed E-state index contributed by atoms with van der Waals surface area (Å²) in [5.74, 6) is -0.921. The molecule has 2 aromatic rings. The molecule has 0 atom stereocenters. The van der Waals surface area contributed by atoms with Crippen molar-refractivity contribution in [3.8, 4) is 0 Å². The molecule has 1 aliphatic heterocycles. The van der Waals surface area contributed by atoms with E-state index in [4.69, 9.17) is 0 Å². The molecular formula is C16H17N3O4S. The van der Waals surface area contributed by atoms with Gasteiger partial charge in [0.05, 0.1) is 0 Å². The van der Waals surface area contributed by atoms with Crippen molar-refractivity contribution in [2.24, 2.45) is 7.05 Å². The van der Waals surface area contributed by atoms with Gasteiger partial charge in [0.15, 0.2) is 5.43 Å². The number of carbonyl (C=O) groups is 1. The summed E-state index contributed by atoms with van der Waals surface area (Å²) < 4.78 is 29.6. The molecule has 126 valence electrons. The number of aromatic nitrogens is 1. The third-order valence-electron chi connectivity index (χ3n) is 3.96. The maximum Gasteiger partial charge on any atom is 0.304 e. The highest BCUT2D eigenvalue weighted by Gasteiger charge is 2.28. The Morgan fingerprint density at radius 2 is 1.88 bits per heavy atom. The first-order chi connectivity index (χ1) is 11.4. The van der Waals surface area contributed by atoms with E-state index >= 15 is 0 Å². The van der Waals surface area contributed by atoms with Crippen LogP contribution < -0.4 is 10.2 Å². The summed E-state index contributed by atoms with van der Waals surface area (Å²) in [5.41, 5.74) is 1.29. The maximum absolute atomic E-state index is 12.5. The van der Waals surface area contributed by atoms with E-state index in [9.17, 15) is 18.0 Å². The lowest BCUT2D eigenvalue weighted by molar-refractivity contribution is 0.0977. The van der Waals surface area contributed by atoms with Crippen LogP contribution in [0.1, 0.15) is 21.5 Å². The average Bonchev–Trinajstić information content (AvgIpc) is 2.56. The fraction of sp³-hybridized carbons (Fsp3) is 0.250. The van der Waals surface area contributed by atoms with Crippen LogP contribution in [0, 0.1) is 0 Å². The summed E-state index contributed by atoms with van der Waals surface area (Å²) in [4.78, 5) is 23.9. The van der Waals surface area contributed by atoms with E-state index in [0.717, 1.165) is 11.1 Å². The molecule has 0 fully saturated rings. The SMILES string of the molecule is Cn1ccc(=O)c(C(=O)NS(=O)(=O)N2CCc3ccccc3C2)c1. The van der Waals surface area contributed by atoms with Gasteiger partial charge in [-0.25, -0.2) is 4.72 Å². The van der Waals surface area contributed by atoms with E-state index in [1.165, 1.54) is 27.3 Å². The van der Waals surface area contributed by atoms with Crippen molar-refractivity contribution >= 4 is 16.1 Å². The first-order valence-corrected chi connectivity index (χ1v) is 8.86. The van der Waals surface area contributed by atoms with Crippen LogP contribution in [-0.2, 0) is 30.2 Å². The lowest BCUT2D eigenvalue weighted by Gasteiger charge is -2.27. The summed E-state index contributed by atoms with van der Waals surface area (Å²) in [5, 5.41) is 0. The molecule has 7 nitrogen and oxygen atoms in total. The van der Waals surface area contributed by atoms with E-state index in [1.807, 2.05) is 29.0 Å². The highest BCUT2D eigenvalue weighted by Crippen LogP contribution is 2.20. The van der Waals surface area contributed by atoms with Crippen molar-refractivity contribution in [1.82, 2.24) is 13.6 Å². The summed E-state index contributed by atoms with van der Waals surface area (Å²) in [6.45, 7) is 0.484. The fourth-order valence-corrected chi connectivity index (χ4v) is 3.78. The number of pyridine rings is 1. The first-order valence-electron chi connectivity index (χ1n) is 7.42. The summed E-state index contributed by atoms with van der Waals surface area (Å²) in [7, 11) is -2.37. The molecular weight excluding hydrogens is 330 g/mol. The van der Waals surface area contributed by atoms with E-state index < -0.39 is 21.5 Å². The zero-order valence-corrected chi connectivity index (χ0v) is 13.9. The molecule has 1 aliphatic rings. The quantitative estimate of drug-likeness (QED) is 0.871. The van der Waals surface area contributed by atoms with Gasteiger partial charge in [-0.1, -0.05) is 24.3 Å². The smallest absolute Gasteiger partial charge is 0.304 e. The van der Waals surface area contributed by atoms with Gasteiger partial charge in [0.1, 0.15) is 5.56 Å². The van der Waals surface area contributed by atoms with Crippen molar-refractivity contribution < 1.29 is 13.2 Å². The number of benzene rings is 1. The Bertz CT molecular complexity index is 950. The normalized spacial score (nSPS) is 14.9. The minimum absolute atomic E-state index is 0.200. The molecule has 1 amide bonds. The molecule has 0 spiro atoms. The topological polar surface area (TPSA) is 88.5 Å². The van der Waals surface area contributed by atoms with Crippen LogP contribution in [-0.4, -0.2) is 29.7 Å². The number of nitrogens with zero attached hydrogens (tertiary/aromatic N) is 2. The van der Waals surface area contributed by atoms with Gasteiger partial charge in [-0.2, -0.15) is 12.7 Å². The zero-order chi connectivity index (χ0) is 17.3. The molecule has 0 aliphatic carbocycles. The third kappa shape index (κ3) is 3.24. The second-order valence-electron chi connectivity index (χ2n) is 5.68. The Morgan fingerprint density at radius 1 is 1.17 bits per heavy atom. The predicted octanol–water partition coefficient (Wildman–Crippen LogP) is 0.418. The van der Waals surface area contributed by atoms with Crippen LogP contribution in [0.2, 0.25) is 0 Å². The van der Waals surface area contributed by atoms with Gasteiger partial charge >= 0.3 is 10.2 Å². The molecule has 0 saturated carbocycles. The van der Waals surface area contributed by atoms with Crippen molar-refractivity contribution in [3.63, 3.8) is 0 Å². The van der Waals surface area contributed by atoms with Gasteiger partial charge < -0.3 is 4.57 Å². The molecule has 0 bridgehead atoms. The van der Waals surface area contributed by atoms with E-state index in [1.54, 1.807) is 7.05 Å². The lowest BCUT2D eigenvalue weighted by atomic mass is 10.0. The van der Waals surface area contributed by atoms with Crippen molar-refractivity contribution in [2.75, 3.05) is 6.54 Å². The van der Waals surface area contributed by atoms with E-state index in [-0.39, 0.29) is 18.7 Å². The van der Waals surface area contributed by atoms with Crippen LogP contribution in [0.15, 0.2) is 47.5 Å². The Kier molecular flexibility index (Phi) is 4.25. The van der Waals surface area contributed by atoms with Gasteiger partial charge in [0.25, 0.3) is 5.91 Å². The van der Waals surface area contributed by atoms with Crippen LogP contribution in [0.4, 0.5) is 0 Å². The number of carbonyl (C=O) groups excluding carboxylic acids is 1. The van der Waals surface area contributed by atoms with Gasteiger partial charge in [0, 0.05) is 38.6 Å². The highest BCUT2D eigenvalue weighted by molar-refractivity contribution is 7.87. The minimum atomic E-state index is -4.02. The Hall–Kier alpha value is -2.45. The summed E-state index contributed by atoms with van der Waals surface area (Å²) in [6, 6.07) is 8.81. The number of hydrogen-bond acceptors (Lipinski definition) is 4. The monoisotopic (exact) mass is 347 g/mol. The standard InChI is InChI=1S/C16H17N3O4S/c1-18-8-7-15(20)14(11-18)16(21)17-24(22,23)19-9-6-12-4-2-3-5-13(12)10-19/h2-5,7-8,11H,6,9-10H2,1H3,(H,17,21). The molecule has 0 unspecified atom stereocenters. The van der Waals surface area contributed by atoms with Crippen LogP contribution >= 0.6 is 0 Å². The van der Waals surface area contributed by atoms with E-state index in [0.29, 0.717) is 6.42 Å². The van der Waals surface area contributed by atoms with Crippen LogP contribution in [0.25, 0.3) is 0 Å². The maximum atomic E-state index is 12.5. The Morgan fingerprint density at radius 3 is 2.62 bits per heavy atom. The zero-order valence-electron chi connectivity index (χ0n) is 13.1. The molecule has 2 heterocycles. The van der Waals surface area contributed by atoms with E-state index in [2.05, 4.69) is 0 Å². The van der Waals surface area contributed by atoms with Gasteiger partial charge in [-0.3, -0.25) is 9.59 Å². The van der Waals surface area contributed by atoms with Gasteiger partial charge in [0.2, 0.25) is 0 Å². The third-order valence-corrected chi connectivity index (χ3v) is 5.40. The molecule has 1 aromatic carbocycles. The number of nitrogens with one attached hydrogen (secondary N) is 1. The summed E-state index contributed by atoms with van der Waals surface area (Å²) >= 11 is 0. The predicted molar refractivity (Wildman–Crippen MR) is 88.6 cm³/mol. The highest BCUT2D eigenvalue weighted by atomic mass is 32.2. The Balaban J connectivity index is 1.81. The molecule has 3 rings (SSSR count). The first kappa shape index (κ1) is 16.4. The average molecular weight is 347 g/mol. The number of rotatable bonds is 3. The minimum Gasteiger partial charge on any atom is -0.356 e. The fourth-order valence-electron chi connectivity index (χ4n) is 2.67. The lowest BCUT2D eigenvalue weighted by Crippen LogP contribution is -2.46. The molecule has 0 saturated heterocycles. The second kappa shape index (κ2) is 6.21. The number of fused-ring (bicyclic) bond motifs is 1. The van der Waals surface area contributed by atoms with Crippen molar-refractivity contribution in [3.05, 3.63) is 69.6 Å². The molecule has 0 radical (unpaired) electrons. The summed E-state index contributed by atoms with van der Waals surface area (Å²) in [6.07, 6.45) is 3.38. The van der Waals surface area contributed by atoms with Crippen LogP contribution in [0.5, 0.6) is 0 Å². The second-order valence-corrected chi connectivity index (χ2v) is 7.35. The molecule has 24 heavy (non-hydrogen) atoms. The molecule has 1 aromatic heterocycles. The number of hydrogen-bond donors (Lipinski definition) is 1. The number of aryl methyl sites for hydroxylation is 1. The molecule has 1 N–H and O–H groups in total. The van der Waals surface area contributed by atoms with Gasteiger partial charge in [-0.15, -0.1) is 0 Å². The number of amides is 1.